The summed E-state index contributed by atoms with van der Waals surface area (Å²) in [6, 6.07) is 12.8. The molecule has 98 valence electrons. The predicted octanol–water partition coefficient (Wildman–Crippen LogP) is 4.12. The minimum absolute atomic E-state index is 0.119. The number of nitro groups is 1. The van der Waals surface area contributed by atoms with E-state index in [0.29, 0.717) is 6.54 Å². The highest BCUT2D eigenvalue weighted by Crippen LogP contribution is 2.18. The lowest BCUT2D eigenvalue weighted by molar-refractivity contribution is -0.384. The summed E-state index contributed by atoms with van der Waals surface area (Å²) in [6.45, 7) is 2.72. The Morgan fingerprint density at radius 3 is 2.47 bits per heavy atom. The first-order valence-corrected chi connectivity index (χ1v) is 6.87. The summed E-state index contributed by atoms with van der Waals surface area (Å²) in [4.78, 5) is 10.2. The van der Waals surface area contributed by atoms with Crippen molar-refractivity contribution in [1.82, 2.24) is 0 Å². The van der Waals surface area contributed by atoms with E-state index in [9.17, 15) is 10.1 Å². The highest BCUT2D eigenvalue weighted by atomic mass is 127. The zero-order chi connectivity index (χ0) is 13.8. The van der Waals surface area contributed by atoms with Gasteiger partial charge in [-0.2, -0.15) is 0 Å². The number of anilines is 1. The van der Waals surface area contributed by atoms with Gasteiger partial charge in [-0.05, 0) is 52.8 Å². The fourth-order valence-electron chi connectivity index (χ4n) is 1.64. The van der Waals surface area contributed by atoms with E-state index in [0.717, 1.165) is 11.3 Å². The van der Waals surface area contributed by atoms with E-state index in [2.05, 4.69) is 47.0 Å². The second-order valence-corrected chi connectivity index (χ2v) is 5.40. The molecule has 0 aliphatic heterocycles. The molecule has 0 aromatic heterocycles. The number of non-ortho nitro benzene ring substituents is 1. The minimum Gasteiger partial charge on any atom is -0.381 e. The van der Waals surface area contributed by atoms with Crippen LogP contribution in [0.15, 0.2) is 42.5 Å². The Bertz CT molecular complexity index is 597. The molecule has 2 aromatic carbocycles. The van der Waals surface area contributed by atoms with Gasteiger partial charge >= 0.3 is 0 Å². The van der Waals surface area contributed by atoms with Gasteiger partial charge < -0.3 is 5.32 Å². The van der Waals surface area contributed by atoms with E-state index in [4.69, 9.17) is 0 Å². The van der Waals surface area contributed by atoms with Gasteiger partial charge in [0, 0.05) is 27.9 Å². The second-order valence-electron chi connectivity index (χ2n) is 4.24. The van der Waals surface area contributed by atoms with Crippen LogP contribution in [0.3, 0.4) is 0 Å². The van der Waals surface area contributed by atoms with E-state index < -0.39 is 0 Å². The molecule has 0 amide bonds. The lowest BCUT2D eigenvalue weighted by Crippen LogP contribution is -2.00. The topological polar surface area (TPSA) is 55.2 Å². The van der Waals surface area contributed by atoms with Crippen molar-refractivity contribution in [3.05, 3.63) is 67.3 Å². The van der Waals surface area contributed by atoms with Crippen molar-refractivity contribution < 1.29 is 4.92 Å². The first-order valence-electron chi connectivity index (χ1n) is 5.79. The van der Waals surface area contributed by atoms with Gasteiger partial charge in [-0.15, -0.1) is 0 Å². The molecular weight excluding hydrogens is 355 g/mol. The molecule has 0 aliphatic carbocycles. The van der Waals surface area contributed by atoms with Gasteiger partial charge in [-0.1, -0.05) is 18.2 Å². The van der Waals surface area contributed by atoms with Crippen molar-refractivity contribution in [2.24, 2.45) is 0 Å². The Labute approximate surface area is 125 Å². The molecule has 0 saturated carbocycles. The lowest BCUT2D eigenvalue weighted by Gasteiger charge is -2.08. The molecule has 5 heteroatoms. The Balaban J connectivity index is 2.01. The first kappa shape index (κ1) is 13.8. The predicted molar refractivity (Wildman–Crippen MR) is 84.3 cm³/mol. The van der Waals surface area contributed by atoms with E-state index in [-0.39, 0.29) is 10.6 Å². The molecule has 0 fully saturated rings. The van der Waals surface area contributed by atoms with Crippen LogP contribution in [0.1, 0.15) is 11.1 Å². The Morgan fingerprint density at radius 2 is 1.89 bits per heavy atom. The third-order valence-corrected chi connectivity index (χ3v) is 3.98. The van der Waals surface area contributed by atoms with E-state index >= 15 is 0 Å². The van der Waals surface area contributed by atoms with Crippen molar-refractivity contribution in [2.45, 2.75) is 13.5 Å². The number of nitrogens with one attached hydrogen (secondary N) is 1. The molecule has 1 N–H and O–H groups in total. The number of hydrogen-bond acceptors (Lipinski definition) is 3. The lowest BCUT2D eigenvalue weighted by atomic mass is 10.2. The number of aryl methyl sites for hydroxylation is 1. The van der Waals surface area contributed by atoms with Crippen LogP contribution >= 0.6 is 22.6 Å². The number of nitro benzene ring substituents is 1. The average Bonchev–Trinajstić information content (AvgIpc) is 2.40. The fraction of sp³-hybridized carbons (Fsp3) is 0.143. The van der Waals surface area contributed by atoms with Crippen LogP contribution < -0.4 is 5.32 Å². The summed E-state index contributed by atoms with van der Waals surface area (Å²) in [5.41, 5.74) is 3.43. The number of nitrogens with zero attached hydrogens (tertiary/aromatic N) is 1. The smallest absolute Gasteiger partial charge is 0.269 e. The third kappa shape index (κ3) is 3.66. The molecule has 4 nitrogen and oxygen atoms in total. The maximum Gasteiger partial charge on any atom is 0.269 e. The quantitative estimate of drug-likeness (QED) is 0.502. The summed E-state index contributed by atoms with van der Waals surface area (Å²) >= 11 is 2.30. The zero-order valence-electron chi connectivity index (χ0n) is 10.4. The van der Waals surface area contributed by atoms with Gasteiger partial charge in [-0.25, -0.2) is 0 Å². The number of benzene rings is 2. The first-order chi connectivity index (χ1) is 9.06. The van der Waals surface area contributed by atoms with Crippen LogP contribution in [0.5, 0.6) is 0 Å². The largest absolute Gasteiger partial charge is 0.381 e. The van der Waals surface area contributed by atoms with Crippen LogP contribution in [0, 0.1) is 20.6 Å². The maximum absolute atomic E-state index is 10.6. The molecule has 2 aromatic rings. The van der Waals surface area contributed by atoms with Crippen LogP contribution in [-0.4, -0.2) is 4.92 Å². The highest BCUT2D eigenvalue weighted by molar-refractivity contribution is 14.1. The van der Waals surface area contributed by atoms with Crippen molar-refractivity contribution in [3.63, 3.8) is 0 Å². The standard InChI is InChI=1S/C14H13IN2O2/c1-10-2-5-12(8-14(10)15)16-9-11-3-6-13(7-4-11)17(18)19/h2-8,16H,9H2,1H3. The minimum atomic E-state index is -0.389. The molecule has 0 radical (unpaired) electrons. The van der Waals surface area contributed by atoms with Gasteiger partial charge in [0.1, 0.15) is 0 Å². The molecule has 19 heavy (non-hydrogen) atoms. The number of halogens is 1. The molecule has 2 rings (SSSR count). The van der Waals surface area contributed by atoms with Crippen LogP contribution in [0.25, 0.3) is 0 Å². The number of hydrogen-bond donors (Lipinski definition) is 1. The van der Waals surface area contributed by atoms with Crippen LogP contribution in [-0.2, 0) is 6.54 Å². The number of rotatable bonds is 4. The SMILES string of the molecule is Cc1ccc(NCc2ccc([N+](=O)[O-])cc2)cc1I. The summed E-state index contributed by atoms with van der Waals surface area (Å²) in [5, 5.41) is 13.9. The summed E-state index contributed by atoms with van der Waals surface area (Å²) in [7, 11) is 0. The highest BCUT2D eigenvalue weighted by Gasteiger charge is 2.04. The van der Waals surface area contributed by atoms with Gasteiger partial charge in [-0.3, -0.25) is 10.1 Å². The van der Waals surface area contributed by atoms with Crippen molar-refractivity contribution >= 4 is 34.0 Å². The van der Waals surface area contributed by atoms with Crippen LogP contribution in [0.4, 0.5) is 11.4 Å². The summed E-state index contributed by atoms with van der Waals surface area (Å²) in [5.74, 6) is 0. The third-order valence-electron chi connectivity index (χ3n) is 2.82. The van der Waals surface area contributed by atoms with Gasteiger partial charge in [0.05, 0.1) is 4.92 Å². The molecular formula is C14H13IN2O2. The molecule has 0 bridgehead atoms. The van der Waals surface area contributed by atoms with Crippen molar-refractivity contribution in [3.8, 4) is 0 Å². The summed E-state index contributed by atoms with van der Waals surface area (Å²) in [6.07, 6.45) is 0. The normalized spacial score (nSPS) is 10.2. The molecule has 0 aliphatic rings. The summed E-state index contributed by atoms with van der Waals surface area (Å²) < 4.78 is 1.21. The van der Waals surface area contributed by atoms with Gasteiger partial charge in [0.15, 0.2) is 0 Å². The maximum atomic E-state index is 10.6. The van der Waals surface area contributed by atoms with Gasteiger partial charge in [0.25, 0.3) is 5.69 Å². The van der Waals surface area contributed by atoms with Gasteiger partial charge in [0.2, 0.25) is 0 Å². The van der Waals surface area contributed by atoms with Crippen LogP contribution in [0.2, 0.25) is 0 Å². The molecule has 0 saturated heterocycles. The molecule has 0 unspecified atom stereocenters. The Hall–Kier alpha value is -1.63. The van der Waals surface area contributed by atoms with Crippen molar-refractivity contribution in [1.29, 1.82) is 0 Å². The molecule has 0 atom stereocenters. The fourth-order valence-corrected chi connectivity index (χ4v) is 2.16. The molecule has 0 spiro atoms. The van der Waals surface area contributed by atoms with E-state index in [1.807, 2.05) is 6.07 Å². The zero-order valence-corrected chi connectivity index (χ0v) is 12.5. The average molecular weight is 368 g/mol. The Kier molecular flexibility index (Phi) is 4.36. The monoisotopic (exact) mass is 368 g/mol. The molecule has 0 heterocycles. The van der Waals surface area contributed by atoms with E-state index in [1.165, 1.54) is 21.3 Å². The van der Waals surface area contributed by atoms with Crippen molar-refractivity contribution in [2.75, 3.05) is 5.32 Å². The second kappa shape index (κ2) is 6.01. The Morgan fingerprint density at radius 1 is 1.21 bits per heavy atom. The van der Waals surface area contributed by atoms with E-state index in [1.54, 1.807) is 12.1 Å².